The molecule has 8 nitrogen and oxygen atoms in total. The van der Waals surface area contributed by atoms with Gasteiger partial charge >= 0.3 is 0 Å². The number of nitrogens with zero attached hydrogens (tertiary/aromatic N) is 3. The van der Waals surface area contributed by atoms with Crippen LogP contribution < -0.4 is 10.8 Å². The third-order valence-corrected chi connectivity index (χ3v) is 4.42. The molecule has 1 saturated heterocycles. The summed E-state index contributed by atoms with van der Waals surface area (Å²) in [4.78, 5) is 21.8. The highest BCUT2D eigenvalue weighted by Gasteiger charge is 2.31. The highest BCUT2D eigenvalue weighted by atomic mass is 32.1. The summed E-state index contributed by atoms with van der Waals surface area (Å²) >= 11 is 1.33. The van der Waals surface area contributed by atoms with Crippen LogP contribution in [0.1, 0.15) is 24.5 Å². The molecule has 1 aliphatic heterocycles. The summed E-state index contributed by atoms with van der Waals surface area (Å²) in [5.41, 5.74) is -0.607. The minimum atomic E-state index is -0.946. The minimum absolute atomic E-state index is 0.226. The largest absolute Gasteiger partial charge is 0.389 e. The Morgan fingerprint density at radius 3 is 2.75 bits per heavy atom. The van der Waals surface area contributed by atoms with Crippen molar-refractivity contribution in [2.45, 2.75) is 19.4 Å². The van der Waals surface area contributed by atoms with Crippen molar-refractivity contribution in [3.63, 3.8) is 0 Å². The highest BCUT2D eigenvalue weighted by molar-refractivity contribution is 7.16. The molecule has 0 radical (unpaired) electrons. The molecule has 0 aliphatic carbocycles. The molecule has 9 heteroatoms. The molecule has 0 bridgehead atoms. The number of nitrogens with two attached hydrogens (primary N) is 1. The summed E-state index contributed by atoms with van der Waals surface area (Å²) in [6.07, 6.45) is 0. The lowest BCUT2D eigenvalue weighted by atomic mass is 10.1. The topological polar surface area (TPSA) is 114 Å². The van der Waals surface area contributed by atoms with Crippen LogP contribution in [0.15, 0.2) is 5.18 Å². The van der Waals surface area contributed by atoms with Crippen molar-refractivity contribution in [3.05, 3.63) is 15.6 Å². The maximum atomic E-state index is 10.9. The number of aromatic nitrogens is 1. The molecule has 2 rings (SSSR count). The van der Waals surface area contributed by atoms with E-state index in [9.17, 15) is 4.91 Å². The fraction of sp³-hybridized carbons (Fsp3) is 0.636. The first-order valence-corrected chi connectivity index (χ1v) is 6.95. The second-order valence-electron chi connectivity index (χ2n) is 4.87. The van der Waals surface area contributed by atoms with Gasteiger partial charge in [0.15, 0.2) is 5.69 Å². The SMILES string of the molecule is CC(C)(N=O)c1nc(C(=N)ON)c(N2CCOCC2)s1. The highest BCUT2D eigenvalue weighted by Crippen LogP contribution is 2.36. The van der Waals surface area contributed by atoms with E-state index >= 15 is 0 Å². The number of rotatable bonds is 4. The Labute approximate surface area is 120 Å². The van der Waals surface area contributed by atoms with Gasteiger partial charge in [-0.1, -0.05) is 16.5 Å². The number of hydrogen-bond donors (Lipinski definition) is 2. The van der Waals surface area contributed by atoms with E-state index in [1.165, 1.54) is 11.3 Å². The van der Waals surface area contributed by atoms with Gasteiger partial charge < -0.3 is 14.5 Å². The van der Waals surface area contributed by atoms with Crippen molar-refractivity contribution in [1.82, 2.24) is 4.98 Å². The lowest BCUT2D eigenvalue weighted by Gasteiger charge is -2.27. The maximum Gasteiger partial charge on any atom is 0.259 e. The van der Waals surface area contributed by atoms with Crippen LogP contribution in [0, 0.1) is 10.3 Å². The van der Waals surface area contributed by atoms with Gasteiger partial charge in [0.2, 0.25) is 0 Å². The molecule has 3 N–H and O–H groups in total. The van der Waals surface area contributed by atoms with E-state index in [-0.39, 0.29) is 5.90 Å². The lowest BCUT2D eigenvalue weighted by molar-refractivity contribution is 0.123. The zero-order chi connectivity index (χ0) is 14.8. The molecule has 1 aliphatic rings. The fourth-order valence-corrected chi connectivity index (χ4v) is 2.95. The Morgan fingerprint density at radius 2 is 2.20 bits per heavy atom. The van der Waals surface area contributed by atoms with Gasteiger partial charge in [0.1, 0.15) is 15.5 Å². The molecule has 20 heavy (non-hydrogen) atoms. The molecular weight excluding hydrogens is 282 g/mol. The van der Waals surface area contributed by atoms with E-state index in [4.69, 9.17) is 16.0 Å². The van der Waals surface area contributed by atoms with Crippen LogP contribution in [0.5, 0.6) is 0 Å². The van der Waals surface area contributed by atoms with Gasteiger partial charge in [0.25, 0.3) is 5.90 Å². The van der Waals surface area contributed by atoms with Crippen LogP contribution in [-0.4, -0.2) is 37.2 Å². The summed E-state index contributed by atoms with van der Waals surface area (Å²) in [5.74, 6) is 4.84. The molecular formula is C11H17N5O3S. The quantitative estimate of drug-likeness (QED) is 0.374. The number of nitrogens with one attached hydrogen (secondary N) is 1. The van der Waals surface area contributed by atoms with Crippen LogP contribution in [0.4, 0.5) is 5.00 Å². The van der Waals surface area contributed by atoms with Crippen molar-refractivity contribution >= 4 is 22.2 Å². The monoisotopic (exact) mass is 299 g/mol. The molecule has 2 heterocycles. The molecule has 0 amide bonds. The van der Waals surface area contributed by atoms with E-state index < -0.39 is 5.54 Å². The van der Waals surface area contributed by atoms with Gasteiger partial charge in [0, 0.05) is 13.1 Å². The van der Waals surface area contributed by atoms with Gasteiger partial charge in [0.05, 0.1) is 13.2 Å². The Bertz CT molecular complexity index is 510. The second kappa shape index (κ2) is 5.81. The predicted molar refractivity (Wildman–Crippen MR) is 76.1 cm³/mol. The predicted octanol–water partition coefficient (Wildman–Crippen LogP) is 1.20. The second-order valence-corrected chi connectivity index (χ2v) is 5.85. The smallest absolute Gasteiger partial charge is 0.259 e. The normalized spacial score (nSPS) is 16.1. The summed E-state index contributed by atoms with van der Waals surface area (Å²) in [7, 11) is 0. The van der Waals surface area contributed by atoms with Crippen molar-refractivity contribution in [2.75, 3.05) is 31.2 Å². The summed E-state index contributed by atoms with van der Waals surface area (Å²) in [5, 5.41) is 12.1. The number of thiazole rings is 1. The standard InChI is InChI=1S/C11H17N5O3S/c1-11(2,15-17)10-14-7(8(12)19-13)9(20-10)16-3-5-18-6-4-16/h12H,3-6,13H2,1-2H3. The molecule has 0 atom stereocenters. The zero-order valence-corrected chi connectivity index (χ0v) is 12.2. The van der Waals surface area contributed by atoms with Crippen molar-refractivity contribution in [1.29, 1.82) is 5.41 Å². The molecule has 0 saturated carbocycles. The van der Waals surface area contributed by atoms with Gasteiger partial charge in [-0.15, -0.1) is 4.91 Å². The van der Waals surface area contributed by atoms with Crippen LogP contribution >= 0.6 is 11.3 Å². The van der Waals surface area contributed by atoms with E-state index in [0.29, 0.717) is 37.0 Å². The Kier molecular flexibility index (Phi) is 4.31. The molecule has 1 aromatic rings. The Balaban J connectivity index is 2.42. The summed E-state index contributed by atoms with van der Waals surface area (Å²) in [6, 6.07) is 0. The molecule has 1 aromatic heterocycles. The first kappa shape index (κ1) is 14.8. The molecule has 1 fully saturated rings. The molecule has 0 spiro atoms. The molecule has 0 unspecified atom stereocenters. The van der Waals surface area contributed by atoms with Crippen LogP contribution in [0.25, 0.3) is 0 Å². The van der Waals surface area contributed by atoms with Crippen molar-refractivity contribution in [2.24, 2.45) is 11.1 Å². The van der Waals surface area contributed by atoms with Crippen molar-refractivity contribution in [3.8, 4) is 0 Å². The maximum absolute atomic E-state index is 10.9. The number of nitroso groups, excluding NO2 is 1. The molecule has 110 valence electrons. The van der Waals surface area contributed by atoms with Crippen LogP contribution in [-0.2, 0) is 15.1 Å². The van der Waals surface area contributed by atoms with E-state index in [1.807, 2.05) is 0 Å². The number of morpholine rings is 1. The van der Waals surface area contributed by atoms with E-state index in [1.54, 1.807) is 13.8 Å². The minimum Gasteiger partial charge on any atom is -0.389 e. The number of ether oxygens (including phenoxy) is 1. The molecule has 0 aromatic carbocycles. The van der Waals surface area contributed by atoms with E-state index in [2.05, 4.69) is 19.9 Å². The number of hydrogen-bond acceptors (Lipinski definition) is 9. The average molecular weight is 299 g/mol. The van der Waals surface area contributed by atoms with Gasteiger partial charge in [-0.3, -0.25) is 5.41 Å². The van der Waals surface area contributed by atoms with Crippen LogP contribution in [0.2, 0.25) is 0 Å². The van der Waals surface area contributed by atoms with E-state index in [0.717, 1.165) is 5.00 Å². The average Bonchev–Trinajstić information content (AvgIpc) is 2.93. The van der Waals surface area contributed by atoms with Gasteiger partial charge in [-0.05, 0) is 13.8 Å². The third kappa shape index (κ3) is 2.79. The third-order valence-electron chi connectivity index (χ3n) is 2.99. The van der Waals surface area contributed by atoms with Crippen LogP contribution in [0.3, 0.4) is 0 Å². The number of anilines is 1. The summed E-state index contributed by atoms with van der Waals surface area (Å²) in [6.45, 7) is 5.97. The Hall–Kier alpha value is -1.58. The Morgan fingerprint density at radius 1 is 1.55 bits per heavy atom. The zero-order valence-electron chi connectivity index (χ0n) is 11.4. The first-order valence-electron chi connectivity index (χ1n) is 6.13. The lowest BCUT2D eigenvalue weighted by Crippen LogP contribution is -2.36. The summed E-state index contributed by atoms with van der Waals surface area (Å²) < 4.78 is 5.31. The van der Waals surface area contributed by atoms with Crippen molar-refractivity contribution < 1.29 is 9.57 Å². The fourth-order valence-electron chi connectivity index (χ4n) is 1.80. The first-order chi connectivity index (χ1) is 9.49. The van der Waals surface area contributed by atoms with Gasteiger partial charge in [-0.2, -0.15) is 5.90 Å². The van der Waals surface area contributed by atoms with Gasteiger partial charge in [-0.25, -0.2) is 4.98 Å².